The Bertz CT molecular complexity index is 808. The molecule has 0 saturated heterocycles. The van der Waals surface area contributed by atoms with Gasteiger partial charge in [-0.3, -0.25) is 4.99 Å². The average Bonchev–Trinajstić information content (AvgIpc) is 3.10. The molecule has 1 aromatic rings. The second kappa shape index (κ2) is 10.0. The Balaban J connectivity index is 2.11. The highest BCUT2D eigenvalue weighted by Gasteiger charge is 2.29. The van der Waals surface area contributed by atoms with Crippen LogP contribution >= 0.6 is 11.3 Å². The smallest absolute Gasteiger partial charge is 0.422 e. The summed E-state index contributed by atoms with van der Waals surface area (Å²) < 4.78 is 42.0. The molecule has 0 spiro atoms. The summed E-state index contributed by atoms with van der Waals surface area (Å²) in [5.41, 5.74) is 1.67. The summed E-state index contributed by atoms with van der Waals surface area (Å²) >= 11 is 1.62. The molecule has 0 radical (unpaired) electrons. The van der Waals surface area contributed by atoms with Crippen LogP contribution in [0.4, 0.5) is 13.2 Å². The van der Waals surface area contributed by atoms with Gasteiger partial charge in [0.2, 0.25) is 5.90 Å². The highest BCUT2D eigenvalue weighted by Crippen LogP contribution is 2.21. The van der Waals surface area contributed by atoms with Gasteiger partial charge in [-0.2, -0.15) is 18.3 Å². The van der Waals surface area contributed by atoms with E-state index in [1.54, 1.807) is 24.5 Å². The fourth-order valence-electron chi connectivity index (χ4n) is 2.51. The Morgan fingerprint density at radius 1 is 1.39 bits per heavy atom. The number of rotatable bonds is 7. The number of allylic oxidation sites excluding steroid dienone is 1. The van der Waals surface area contributed by atoms with Crippen LogP contribution in [0.3, 0.4) is 0 Å². The number of hydrogen-bond acceptors (Lipinski definition) is 5. The first-order chi connectivity index (χ1) is 13.3. The van der Waals surface area contributed by atoms with Crippen molar-refractivity contribution in [1.29, 1.82) is 0 Å². The summed E-state index contributed by atoms with van der Waals surface area (Å²) in [5, 5.41) is 8.85. The molecule has 1 aliphatic heterocycles. The van der Waals surface area contributed by atoms with E-state index in [-0.39, 0.29) is 12.3 Å². The minimum Gasteiger partial charge on any atom is -0.470 e. The standard InChI is InChI=1S/C19H21F3N4OS/c1-14(16-7-5-9-28-16)12-26-8-4-6-15(10-17(26)23-2)11-18(25-24-3)27-13-19(20,21)22/h4-7,9-10H,1,3,8,11-13H2,2H3/b23-17-,25-18-. The van der Waals surface area contributed by atoms with E-state index in [4.69, 9.17) is 4.74 Å². The van der Waals surface area contributed by atoms with Crippen LogP contribution in [0.15, 0.2) is 63.1 Å². The molecule has 0 unspecified atom stereocenters. The molecule has 150 valence electrons. The van der Waals surface area contributed by atoms with Crippen LogP contribution in [0.2, 0.25) is 0 Å². The van der Waals surface area contributed by atoms with Crippen LogP contribution in [-0.4, -0.2) is 56.3 Å². The lowest BCUT2D eigenvalue weighted by Gasteiger charge is -2.23. The second-order valence-electron chi connectivity index (χ2n) is 5.88. The van der Waals surface area contributed by atoms with Gasteiger partial charge in [-0.25, -0.2) is 0 Å². The molecule has 0 N–H and O–H groups in total. The Labute approximate surface area is 165 Å². The highest BCUT2D eigenvalue weighted by molar-refractivity contribution is 7.11. The average molecular weight is 410 g/mol. The number of alkyl halides is 3. The summed E-state index contributed by atoms with van der Waals surface area (Å²) in [6.07, 6.45) is 1.11. The lowest BCUT2D eigenvalue weighted by molar-refractivity contribution is -0.156. The van der Waals surface area contributed by atoms with Crippen molar-refractivity contribution in [2.45, 2.75) is 12.6 Å². The van der Waals surface area contributed by atoms with Gasteiger partial charge in [0.15, 0.2) is 6.61 Å². The minimum absolute atomic E-state index is 0.0460. The fraction of sp³-hybridized carbons (Fsp3) is 0.316. The normalized spacial score (nSPS) is 16.7. The van der Waals surface area contributed by atoms with Gasteiger partial charge in [-0.15, -0.1) is 16.4 Å². The minimum atomic E-state index is -4.45. The van der Waals surface area contributed by atoms with E-state index in [0.717, 1.165) is 10.5 Å². The predicted octanol–water partition coefficient (Wildman–Crippen LogP) is 4.57. The zero-order chi connectivity index (χ0) is 20.6. The van der Waals surface area contributed by atoms with Gasteiger partial charge in [-0.05, 0) is 28.7 Å². The third kappa shape index (κ3) is 6.80. The van der Waals surface area contributed by atoms with Gasteiger partial charge in [0.25, 0.3) is 0 Å². The molecule has 5 nitrogen and oxygen atoms in total. The van der Waals surface area contributed by atoms with Crippen LogP contribution in [0.25, 0.3) is 5.57 Å². The molecule has 2 rings (SSSR count). The quantitative estimate of drug-likeness (QED) is 0.376. The first-order valence-electron chi connectivity index (χ1n) is 8.35. The third-order valence-corrected chi connectivity index (χ3v) is 4.69. The van der Waals surface area contributed by atoms with E-state index in [2.05, 4.69) is 28.5 Å². The number of aliphatic imine (C=N–C) groups is 1. The van der Waals surface area contributed by atoms with E-state index in [0.29, 0.717) is 24.5 Å². The number of thiophene rings is 1. The molecule has 0 aliphatic carbocycles. The maximum Gasteiger partial charge on any atom is 0.422 e. The summed E-state index contributed by atoms with van der Waals surface area (Å²) in [6.45, 7) is 7.06. The van der Waals surface area contributed by atoms with Gasteiger partial charge >= 0.3 is 6.18 Å². The van der Waals surface area contributed by atoms with Crippen molar-refractivity contribution < 1.29 is 17.9 Å². The van der Waals surface area contributed by atoms with Crippen LogP contribution in [0.1, 0.15) is 11.3 Å². The summed E-state index contributed by atoms with van der Waals surface area (Å²) in [5.74, 6) is 0.537. The number of halogens is 3. The zero-order valence-corrected chi connectivity index (χ0v) is 16.3. The first kappa shape index (κ1) is 21.6. The lowest BCUT2D eigenvalue weighted by atomic mass is 10.1. The molecule has 1 aromatic heterocycles. The molecule has 2 heterocycles. The molecule has 0 atom stereocenters. The van der Waals surface area contributed by atoms with Crippen molar-refractivity contribution in [3.05, 3.63) is 52.8 Å². The van der Waals surface area contributed by atoms with Crippen molar-refractivity contribution in [2.75, 3.05) is 26.7 Å². The number of amidine groups is 1. The Kier molecular flexibility index (Phi) is 7.74. The van der Waals surface area contributed by atoms with Crippen molar-refractivity contribution >= 4 is 35.4 Å². The largest absolute Gasteiger partial charge is 0.470 e. The summed E-state index contributed by atoms with van der Waals surface area (Å²) in [7, 11) is 1.66. The van der Waals surface area contributed by atoms with Gasteiger partial charge < -0.3 is 9.64 Å². The number of ether oxygens (including phenoxy) is 1. The molecular weight excluding hydrogens is 389 g/mol. The van der Waals surface area contributed by atoms with Crippen molar-refractivity contribution in [3.8, 4) is 0 Å². The van der Waals surface area contributed by atoms with Gasteiger partial charge in [0, 0.05) is 31.7 Å². The van der Waals surface area contributed by atoms with Crippen LogP contribution in [0, 0.1) is 0 Å². The molecule has 1 aliphatic rings. The van der Waals surface area contributed by atoms with Crippen LogP contribution in [0.5, 0.6) is 0 Å². The third-order valence-electron chi connectivity index (χ3n) is 3.72. The van der Waals surface area contributed by atoms with Gasteiger partial charge in [-0.1, -0.05) is 24.8 Å². The monoisotopic (exact) mass is 410 g/mol. The second-order valence-corrected chi connectivity index (χ2v) is 6.83. The van der Waals surface area contributed by atoms with E-state index >= 15 is 0 Å². The van der Waals surface area contributed by atoms with Crippen LogP contribution < -0.4 is 0 Å². The molecule has 9 heteroatoms. The summed E-state index contributed by atoms with van der Waals surface area (Å²) in [6, 6.07) is 3.98. The van der Waals surface area contributed by atoms with Gasteiger partial charge in [0.05, 0.1) is 6.42 Å². The predicted molar refractivity (Wildman–Crippen MR) is 109 cm³/mol. The molecule has 0 aromatic carbocycles. The SMILES string of the molecule is C=N/N=C(/CC1=C/C(=N/C)N(CC(=C)c2cccs2)CC=C1)OCC(F)(F)F. The Hall–Kier alpha value is -2.68. The summed E-state index contributed by atoms with van der Waals surface area (Å²) in [4.78, 5) is 7.43. The van der Waals surface area contributed by atoms with Crippen molar-refractivity contribution in [1.82, 2.24) is 4.90 Å². The van der Waals surface area contributed by atoms with Crippen molar-refractivity contribution in [2.24, 2.45) is 15.2 Å². The van der Waals surface area contributed by atoms with E-state index in [1.165, 1.54) is 0 Å². The zero-order valence-electron chi connectivity index (χ0n) is 15.4. The lowest BCUT2D eigenvalue weighted by Crippen LogP contribution is -2.31. The Morgan fingerprint density at radius 3 is 2.79 bits per heavy atom. The molecule has 0 fully saturated rings. The molecule has 28 heavy (non-hydrogen) atoms. The maximum absolute atomic E-state index is 12.4. The molecule has 0 bridgehead atoms. The topological polar surface area (TPSA) is 49.5 Å². The van der Waals surface area contributed by atoms with E-state index in [1.807, 2.05) is 34.6 Å². The molecule has 0 saturated carbocycles. The number of hydrogen-bond donors (Lipinski definition) is 0. The first-order valence-corrected chi connectivity index (χ1v) is 9.23. The number of nitrogens with zero attached hydrogens (tertiary/aromatic N) is 4. The molecule has 0 amide bonds. The maximum atomic E-state index is 12.4. The van der Waals surface area contributed by atoms with Crippen molar-refractivity contribution in [3.63, 3.8) is 0 Å². The van der Waals surface area contributed by atoms with E-state index < -0.39 is 12.8 Å². The Morgan fingerprint density at radius 2 is 2.18 bits per heavy atom. The van der Waals surface area contributed by atoms with Gasteiger partial charge in [0.1, 0.15) is 5.84 Å². The van der Waals surface area contributed by atoms with Crippen LogP contribution in [-0.2, 0) is 4.74 Å². The highest BCUT2D eigenvalue weighted by atomic mass is 32.1. The fourth-order valence-corrected chi connectivity index (χ4v) is 3.21. The molecular formula is C19H21F3N4OS. The van der Waals surface area contributed by atoms with E-state index in [9.17, 15) is 13.2 Å².